The summed E-state index contributed by atoms with van der Waals surface area (Å²) < 4.78 is 5.88. The van der Waals surface area contributed by atoms with Gasteiger partial charge in [0.2, 0.25) is 0 Å². The molecule has 0 radical (unpaired) electrons. The van der Waals surface area contributed by atoms with Crippen LogP contribution >= 0.6 is 0 Å². The van der Waals surface area contributed by atoms with Gasteiger partial charge in [-0.15, -0.1) is 0 Å². The first-order chi connectivity index (χ1) is 15.4. The summed E-state index contributed by atoms with van der Waals surface area (Å²) in [4.78, 5) is 24.0. The van der Waals surface area contributed by atoms with Gasteiger partial charge in [-0.3, -0.25) is 9.59 Å². The van der Waals surface area contributed by atoms with Gasteiger partial charge < -0.3 is 9.84 Å². The quantitative estimate of drug-likeness (QED) is 0.674. The second kappa shape index (κ2) is 8.30. The number of ether oxygens (including phenoxy) is 1. The van der Waals surface area contributed by atoms with Crippen LogP contribution in [0, 0.1) is 17.3 Å². The Kier molecular flexibility index (Phi) is 5.61. The third kappa shape index (κ3) is 3.57. The smallest absolute Gasteiger partial charge is 0.302 e. The molecule has 32 heavy (non-hydrogen) atoms. The van der Waals surface area contributed by atoms with Crippen LogP contribution in [0.2, 0.25) is 0 Å². The molecule has 0 aliphatic heterocycles. The van der Waals surface area contributed by atoms with Crippen molar-refractivity contribution >= 4 is 11.8 Å². The number of allylic oxidation sites excluding steroid dienone is 4. The van der Waals surface area contributed by atoms with E-state index in [2.05, 4.69) is 31.2 Å². The van der Waals surface area contributed by atoms with Crippen LogP contribution in [0.5, 0.6) is 0 Å². The van der Waals surface area contributed by atoms with Crippen LogP contribution in [0.4, 0.5) is 0 Å². The Morgan fingerprint density at radius 1 is 1.12 bits per heavy atom. The summed E-state index contributed by atoms with van der Waals surface area (Å²) in [5.74, 6) is 1.40. The van der Waals surface area contributed by atoms with Crippen molar-refractivity contribution in [1.82, 2.24) is 0 Å². The highest BCUT2D eigenvalue weighted by atomic mass is 16.5. The van der Waals surface area contributed by atoms with Crippen molar-refractivity contribution in [2.45, 2.75) is 77.2 Å². The molecule has 1 aromatic carbocycles. The number of fused-ring (bicyclic) bond motifs is 4. The lowest BCUT2D eigenvalue weighted by molar-refractivity contribution is -0.154. The minimum Gasteiger partial charge on any atom is -0.462 e. The normalized spacial score (nSPS) is 33.8. The van der Waals surface area contributed by atoms with Gasteiger partial charge in [0.05, 0.1) is 0 Å². The van der Waals surface area contributed by atoms with Gasteiger partial charge >= 0.3 is 5.97 Å². The maximum atomic E-state index is 12.1. The average molecular weight is 435 g/mol. The fourth-order valence-electron chi connectivity index (χ4n) is 7.35. The largest absolute Gasteiger partial charge is 0.462 e. The van der Waals surface area contributed by atoms with E-state index in [1.54, 1.807) is 5.57 Å². The van der Waals surface area contributed by atoms with E-state index in [1.165, 1.54) is 23.6 Å². The van der Waals surface area contributed by atoms with Crippen LogP contribution in [0.3, 0.4) is 0 Å². The lowest BCUT2D eigenvalue weighted by Crippen LogP contribution is -2.46. The molecule has 0 heterocycles. The predicted octanol–water partition coefficient (Wildman–Crippen LogP) is 5.05. The Hall–Kier alpha value is -2.20. The number of rotatable bonds is 4. The van der Waals surface area contributed by atoms with Gasteiger partial charge in [0.25, 0.3) is 0 Å². The molecule has 0 saturated heterocycles. The molecule has 170 valence electrons. The minimum atomic E-state index is -0.175. The number of esters is 1. The van der Waals surface area contributed by atoms with E-state index < -0.39 is 0 Å². The Morgan fingerprint density at radius 3 is 2.62 bits per heavy atom. The van der Waals surface area contributed by atoms with E-state index in [1.807, 2.05) is 6.08 Å². The van der Waals surface area contributed by atoms with Crippen molar-refractivity contribution in [1.29, 1.82) is 0 Å². The SMILES string of the molecule is CC(=O)OC1CC[C@H]2[C@@H]3CCC4=CC(=O)CCC4=C3C(c3ccc(CCO)cc3)C[C@]12C. The fourth-order valence-corrected chi connectivity index (χ4v) is 7.35. The lowest BCUT2D eigenvalue weighted by Gasteiger charge is -2.52. The van der Waals surface area contributed by atoms with Gasteiger partial charge in [-0.05, 0) is 85.1 Å². The van der Waals surface area contributed by atoms with Crippen molar-refractivity contribution in [2.24, 2.45) is 17.3 Å². The molecule has 1 aromatic rings. The monoisotopic (exact) mass is 434 g/mol. The topological polar surface area (TPSA) is 63.6 Å². The van der Waals surface area contributed by atoms with Crippen molar-refractivity contribution in [3.63, 3.8) is 0 Å². The van der Waals surface area contributed by atoms with Gasteiger partial charge in [-0.25, -0.2) is 0 Å². The molecule has 0 aromatic heterocycles. The summed E-state index contributed by atoms with van der Waals surface area (Å²) in [6, 6.07) is 8.74. The summed E-state index contributed by atoms with van der Waals surface area (Å²) in [5.41, 5.74) is 6.72. The summed E-state index contributed by atoms with van der Waals surface area (Å²) in [6.45, 7) is 4.04. The number of aliphatic hydroxyl groups is 1. The number of carbonyl (C=O) groups excluding carboxylic acids is 2. The van der Waals surface area contributed by atoms with Crippen LogP contribution in [-0.4, -0.2) is 29.6 Å². The standard InChI is InChI=1S/C28H34O4/c1-17(30)32-26-12-11-25-23-9-7-20-15-21(31)8-10-22(20)27(23)24(16-28(25,26)2)19-5-3-18(4-6-19)13-14-29/h3-6,15,23-26,29H,7-14,16H2,1-2H3/t23-,24?,25-,26?,28-/m0/s1. The minimum absolute atomic E-state index is 0.0161. The Morgan fingerprint density at radius 2 is 1.91 bits per heavy atom. The molecule has 5 atom stereocenters. The highest BCUT2D eigenvalue weighted by molar-refractivity contribution is 5.93. The van der Waals surface area contributed by atoms with E-state index in [0.29, 0.717) is 24.7 Å². The third-order valence-corrected chi connectivity index (χ3v) is 8.74. The first kappa shape index (κ1) is 21.6. The maximum absolute atomic E-state index is 12.1. The molecule has 4 aliphatic rings. The highest BCUT2D eigenvalue weighted by Crippen LogP contribution is 2.64. The first-order valence-electron chi connectivity index (χ1n) is 12.2. The third-order valence-electron chi connectivity index (χ3n) is 8.74. The van der Waals surface area contributed by atoms with E-state index in [0.717, 1.165) is 44.1 Å². The zero-order chi connectivity index (χ0) is 22.5. The second-order valence-electron chi connectivity index (χ2n) is 10.5. The molecule has 0 bridgehead atoms. The van der Waals surface area contributed by atoms with Gasteiger partial charge in [0, 0.05) is 31.3 Å². The number of hydrogen-bond acceptors (Lipinski definition) is 4. The van der Waals surface area contributed by atoms with E-state index in [4.69, 9.17) is 4.74 Å². The number of aliphatic hydroxyl groups excluding tert-OH is 1. The maximum Gasteiger partial charge on any atom is 0.302 e. The van der Waals surface area contributed by atoms with Crippen molar-refractivity contribution in [3.8, 4) is 0 Å². The van der Waals surface area contributed by atoms with E-state index in [-0.39, 0.29) is 35.8 Å². The molecular formula is C28H34O4. The molecule has 2 fully saturated rings. The highest BCUT2D eigenvalue weighted by Gasteiger charge is 2.57. The van der Waals surface area contributed by atoms with Crippen LogP contribution in [0.25, 0.3) is 0 Å². The van der Waals surface area contributed by atoms with Crippen LogP contribution in [-0.2, 0) is 20.7 Å². The van der Waals surface area contributed by atoms with Gasteiger partial charge in [0.1, 0.15) is 6.10 Å². The zero-order valence-corrected chi connectivity index (χ0v) is 19.2. The van der Waals surface area contributed by atoms with Crippen LogP contribution in [0.15, 0.2) is 47.1 Å². The molecule has 0 amide bonds. The summed E-state index contributed by atoms with van der Waals surface area (Å²) in [7, 11) is 0. The molecule has 5 rings (SSSR count). The van der Waals surface area contributed by atoms with Crippen LogP contribution < -0.4 is 0 Å². The Balaban J connectivity index is 1.60. The molecule has 4 aliphatic carbocycles. The lowest BCUT2D eigenvalue weighted by atomic mass is 9.53. The molecule has 0 spiro atoms. The van der Waals surface area contributed by atoms with Crippen molar-refractivity contribution in [3.05, 3.63) is 58.2 Å². The summed E-state index contributed by atoms with van der Waals surface area (Å²) in [6.07, 6.45) is 9.16. The number of ketones is 1. The summed E-state index contributed by atoms with van der Waals surface area (Å²) in [5, 5.41) is 9.30. The molecule has 1 N–H and O–H groups in total. The molecule has 4 nitrogen and oxygen atoms in total. The molecule has 2 unspecified atom stereocenters. The summed E-state index contributed by atoms with van der Waals surface area (Å²) >= 11 is 0. The Labute approximate surface area is 190 Å². The van der Waals surface area contributed by atoms with Crippen molar-refractivity contribution in [2.75, 3.05) is 6.61 Å². The van der Waals surface area contributed by atoms with Gasteiger partial charge in [-0.2, -0.15) is 0 Å². The molecule has 4 heteroatoms. The van der Waals surface area contributed by atoms with Gasteiger partial charge in [0.15, 0.2) is 5.78 Å². The Bertz CT molecular complexity index is 985. The second-order valence-corrected chi connectivity index (χ2v) is 10.5. The van der Waals surface area contributed by atoms with E-state index in [9.17, 15) is 14.7 Å². The number of hydrogen-bond donors (Lipinski definition) is 1. The number of benzene rings is 1. The predicted molar refractivity (Wildman–Crippen MR) is 123 cm³/mol. The zero-order valence-electron chi connectivity index (χ0n) is 19.2. The molecule has 2 saturated carbocycles. The average Bonchev–Trinajstić information content (AvgIpc) is 3.09. The van der Waals surface area contributed by atoms with Crippen molar-refractivity contribution < 1.29 is 19.4 Å². The van der Waals surface area contributed by atoms with Gasteiger partial charge in [-0.1, -0.05) is 36.8 Å². The number of carbonyl (C=O) groups is 2. The first-order valence-corrected chi connectivity index (χ1v) is 12.2. The van der Waals surface area contributed by atoms with Crippen LogP contribution in [0.1, 0.15) is 75.8 Å². The fraction of sp³-hybridized carbons (Fsp3) is 0.571. The molecular weight excluding hydrogens is 400 g/mol. The van der Waals surface area contributed by atoms with E-state index >= 15 is 0 Å².